The molecule has 0 amide bonds. The normalized spacial score (nSPS) is 10.1. The number of hydrogen-bond donors (Lipinski definition) is 2. The number of H-pyrrole nitrogens is 2. The fraction of sp³-hybridized carbons (Fsp3) is 0. The van der Waals surface area contributed by atoms with Crippen molar-refractivity contribution in [1.82, 2.24) is 9.97 Å². The predicted molar refractivity (Wildman–Crippen MR) is 59.8 cm³/mol. The van der Waals surface area contributed by atoms with Crippen LogP contribution in [0.25, 0.3) is 11.1 Å². The van der Waals surface area contributed by atoms with Gasteiger partial charge in [-0.25, -0.2) is 4.79 Å². The standard InChI is InChI=1S/C10H7N3O4/c14-9-7(6-4-2-1-3-5-6)8(13(16)17)11-10(15)12-9/h1-5H,(H2,11,12,14,15). The highest BCUT2D eigenvalue weighted by Gasteiger charge is 2.19. The zero-order valence-electron chi connectivity index (χ0n) is 8.47. The molecule has 7 heteroatoms. The summed E-state index contributed by atoms with van der Waals surface area (Å²) >= 11 is 0. The van der Waals surface area contributed by atoms with Crippen molar-refractivity contribution in [3.63, 3.8) is 0 Å². The summed E-state index contributed by atoms with van der Waals surface area (Å²) in [7, 11) is 0. The maximum absolute atomic E-state index is 11.6. The van der Waals surface area contributed by atoms with Crippen LogP contribution in [0.4, 0.5) is 5.82 Å². The zero-order chi connectivity index (χ0) is 12.4. The van der Waals surface area contributed by atoms with Gasteiger partial charge in [-0.05, 0) is 10.5 Å². The lowest BCUT2D eigenvalue weighted by Crippen LogP contribution is -2.25. The predicted octanol–water partition coefficient (Wildman–Crippen LogP) is 0.638. The highest BCUT2D eigenvalue weighted by molar-refractivity contribution is 5.69. The third kappa shape index (κ3) is 1.98. The Balaban J connectivity index is 2.82. The Morgan fingerprint density at radius 3 is 2.29 bits per heavy atom. The Morgan fingerprint density at radius 2 is 1.71 bits per heavy atom. The molecule has 0 bridgehead atoms. The molecular formula is C10H7N3O4. The highest BCUT2D eigenvalue weighted by Crippen LogP contribution is 2.22. The first kappa shape index (κ1) is 10.8. The number of nitrogens with zero attached hydrogens (tertiary/aromatic N) is 1. The Morgan fingerprint density at radius 1 is 1.06 bits per heavy atom. The van der Waals surface area contributed by atoms with Crippen molar-refractivity contribution >= 4 is 5.82 Å². The second-order valence-corrected chi connectivity index (χ2v) is 3.25. The lowest BCUT2D eigenvalue weighted by atomic mass is 10.1. The van der Waals surface area contributed by atoms with Crippen LogP contribution in [0.1, 0.15) is 0 Å². The fourth-order valence-electron chi connectivity index (χ4n) is 1.48. The number of nitrogens with one attached hydrogen (secondary N) is 2. The highest BCUT2D eigenvalue weighted by atomic mass is 16.6. The molecule has 1 aromatic carbocycles. The maximum atomic E-state index is 11.6. The van der Waals surface area contributed by atoms with Crippen LogP contribution in [-0.2, 0) is 0 Å². The molecule has 0 aliphatic rings. The molecule has 0 aliphatic heterocycles. The van der Waals surface area contributed by atoms with Gasteiger partial charge in [-0.2, -0.15) is 4.98 Å². The number of aromatic amines is 2. The van der Waals surface area contributed by atoms with Crippen LogP contribution in [0.3, 0.4) is 0 Å². The Kier molecular flexibility index (Phi) is 2.57. The van der Waals surface area contributed by atoms with E-state index in [1.165, 1.54) is 0 Å². The van der Waals surface area contributed by atoms with E-state index in [2.05, 4.69) is 0 Å². The van der Waals surface area contributed by atoms with Gasteiger partial charge in [-0.1, -0.05) is 30.3 Å². The first-order valence-electron chi connectivity index (χ1n) is 4.66. The zero-order valence-corrected chi connectivity index (χ0v) is 8.47. The van der Waals surface area contributed by atoms with Crippen molar-refractivity contribution in [2.45, 2.75) is 0 Å². The second-order valence-electron chi connectivity index (χ2n) is 3.25. The molecule has 17 heavy (non-hydrogen) atoms. The Hall–Kier alpha value is -2.70. The van der Waals surface area contributed by atoms with Crippen LogP contribution < -0.4 is 11.2 Å². The van der Waals surface area contributed by atoms with Crippen molar-refractivity contribution in [2.24, 2.45) is 0 Å². The van der Waals surface area contributed by atoms with Crippen LogP contribution in [0, 0.1) is 10.1 Å². The average Bonchev–Trinajstić information content (AvgIpc) is 2.29. The smallest absolute Gasteiger partial charge is 0.358 e. The van der Waals surface area contributed by atoms with Crippen LogP contribution in [0.2, 0.25) is 0 Å². The van der Waals surface area contributed by atoms with E-state index >= 15 is 0 Å². The van der Waals surface area contributed by atoms with Gasteiger partial charge in [0.25, 0.3) is 5.56 Å². The number of benzene rings is 1. The summed E-state index contributed by atoms with van der Waals surface area (Å²) < 4.78 is 0. The van der Waals surface area contributed by atoms with Gasteiger partial charge in [0.1, 0.15) is 5.56 Å². The fourth-order valence-corrected chi connectivity index (χ4v) is 1.48. The molecule has 2 rings (SSSR count). The quantitative estimate of drug-likeness (QED) is 0.585. The van der Waals surface area contributed by atoms with Crippen LogP contribution >= 0.6 is 0 Å². The molecule has 1 aromatic heterocycles. The summed E-state index contributed by atoms with van der Waals surface area (Å²) in [5.41, 5.74) is -1.47. The number of nitro groups is 1. The summed E-state index contributed by atoms with van der Waals surface area (Å²) in [6.45, 7) is 0. The molecule has 0 aliphatic carbocycles. The van der Waals surface area contributed by atoms with E-state index in [9.17, 15) is 19.7 Å². The van der Waals surface area contributed by atoms with E-state index in [-0.39, 0.29) is 5.56 Å². The van der Waals surface area contributed by atoms with Gasteiger partial charge < -0.3 is 10.1 Å². The molecule has 0 saturated heterocycles. The third-order valence-corrected chi connectivity index (χ3v) is 2.17. The number of aromatic nitrogens is 2. The summed E-state index contributed by atoms with van der Waals surface area (Å²) in [6, 6.07) is 8.11. The minimum Gasteiger partial charge on any atom is -0.358 e. The van der Waals surface area contributed by atoms with Crippen LogP contribution in [-0.4, -0.2) is 14.9 Å². The van der Waals surface area contributed by atoms with E-state index in [4.69, 9.17) is 0 Å². The molecule has 0 atom stereocenters. The van der Waals surface area contributed by atoms with E-state index < -0.39 is 22.0 Å². The van der Waals surface area contributed by atoms with Crippen molar-refractivity contribution in [3.8, 4) is 11.1 Å². The monoisotopic (exact) mass is 233 g/mol. The molecule has 86 valence electrons. The van der Waals surface area contributed by atoms with Gasteiger partial charge in [0.05, 0.1) is 0 Å². The summed E-state index contributed by atoms with van der Waals surface area (Å²) in [4.78, 5) is 36.5. The molecule has 7 nitrogen and oxygen atoms in total. The minimum atomic E-state index is -0.901. The van der Waals surface area contributed by atoms with Gasteiger partial charge in [0.2, 0.25) is 0 Å². The minimum absolute atomic E-state index is 0.157. The van der Waals surface area contributed by atoms with E-state index in [0.717, 1.165) is 0 Å². The molecule has 0 saturated carbocycles. The van der Waals surface area contributed by atoms with Crippen LogP contribution in [0.5, 0.6) is 0 Å². The summed E-state index contributed by atoms with van der Waals surface area (Å²) in [5, 5.41) is 10.8. The van der Waals surface area contributed by atoms with E-state index in [0.29, 0.717) is 5.56 Å². The summed E-state index contributed by atoms with van der Waals surface area (Å²) in [5.74, 6) is -0.607. The number of rotatable bonds is 2. The first-order valence-corrected chi connectivity index (χ1v) is 4.66. The van der Waals surface area contributed by atoms with Crippen molar-refractivity contribution in [1.29, 1.82) is 0 Å². The van der Waals surface area contributed by atoms with Gasteiger partial charge in [-0.15, -0.1) is 0 Å². The molecule has 0 unspecified atom stereocenters. The lowest BCUT2D eigenvalue weighted by Gasteiger charge is -2.01. The average molecular weight is 233 g/mol. The van der Waals surface area contributed by atoms with E-state index in [1.807, 2.05) is 9.97 Å². The third-order valence-electron chi connectivity index (χ3n) is 2.17. The Bertz CT molecular complexity index is 672. The molecule has 2 aromatic rings. The van der Waals surface area contributed by atoms with Gasteiger partial charge in [-0.3, -0.25) is 9.78 Å². The Labute approximate surface area is 93.9 Å². The van der Waals surface area contributed by atoms with Crippen molar-refractivity contribution in [2.75, 3.05) is 0 Å². The molecule has 2 N–H and O–H groups in total. The lowest BCUT2D eigenvalue weighted by molar-refractivity contribution is -0.389. The molecule has 0 fully saturated rings. The molecular weight excluding hydrogens is 226 g/mol. The molecule has 0 spiro atoms. The van der Waals surface area contributed by atoms with Crippen molar-refractivity contribution < 1.29 is 4.92 Å². The second kappa shape index (κ2) is 4.05. The maximum Gasteiger partial charge on any atom is 0.413 e. The molecule has 1 heterocycles. The van der Waals surface area contributed by atoms with Crippen molar-refractivity contribution in [3.05, 3.63) is 61.3 Å². The van der Waals surface area contributed by atoms with E-state index in [1.54, 1.807) is 30.3 Å². The first-order chi connectivity index (χ1) is 8.09. The van der Waals surface area contributed by atoms with Crippen LogP contribution in [0.15, 0.2) is 39.9 Å². The molecule has 0 radical (unpaired) electrons. The van der Waals surface area contributed by atoms with Gasteiger partial charge in [0.15, 0.2) is 0 Å². The topological polar surface area (TPSA) is 109 Å². The summed E-state index contributed by atoms with van der Waals surface area (Å²) in [6.07, 6.45) is 0. The SMILES string of the molecule is O=c1[nH]c([N+](=O)[O-])c(-c2ccccc2)c(=O)[nH]1. The largest absolute Gasteiger partial charge is 0.413 e. The van der Waals surface area contributed by atoms with Gasteiger partial charge >= 0.3 is 11.5 Å². The van der Waals surface area contributed by atoms with Gasteiger partial charge in [0, 0.05) is 0 Å². The number of hydrogen-bond acceptors (Lipinski definition) is 4.